The third kappa shape index (κ3) is 4.79. The van der Waals surface area contributed by atoms with Crippen molar-refractivity contribution in [3.8, 4) is 0 Å². The fraction of sp³-hybridized carbons (Fsp3) is 0.333. The Morgan fingerprint density at radius 1 is 1.09 bits per heavy atom. The fourth-order valence-corrected chi connectivity index (χ4v) is 2.44. The Balaban J connectivity index is 1.93. The molecule has 0 fully saturated rings. The van der Waals surface area contributed by atoms with Gasteiger partial charge in [0.1, 0.15) is 0 Å². The molecule has 2 aromatic carbocycles. The van der Waals surface area contributed by atoms with Gasteiger partial charge in [-0.2, -0.15) is 0 Å². The van der Waals surface area contributed by atoms with Gasteiger partial charge in [-0.15, -0.1) is 0 Å². The molecule has 0 radical (unpaired) electrons. The second-order valence-electron chi connectivity index (χ2n) is 6.03. The summed E-state index contributed by atoms with van der Waals surface area (Å²) < 4.78 is 0. The van der Waals surface area contributed by atoms with Gasteiger partial charge in [-0.25, -0.2) is 0 Å². The van der Waals surface area contributed by atoms with Gasteiger partial charge < -0.3 is 16.4 Å². The van der Waals surface area contributed by atoms with Crippen LogP contribution >= 0.6 is 0 Å². The Labute approximate surface area is 136 Å². The van der Waals surface area contributed by atoms with Crippen molar-refractivity contribution in [1.82, 2.24) is 5.32 Å². The number of carbonyl (C=O) groups is 2. The normalized spacial score (nSPS) is 12.2. The van der Waals surface area contributed by atoms with Crippen LogP contribution in [0, 0.1) is 5.92 Å². The molecule has 2 rings (SSSR count). The molecule has 2 aromatic rings. The molecule has 0 spiro atoms. The third-order valence-electron chi connectivity index (χ3n) is 3.55. The van der Waals surface area contributed by atoms with Gasteiger partial charge in [0.15, 0.2) is 0 Å². The summed E-state index contributed by atoms with van der Waals surface area (Å²) in [4.78, 5) is 23.9. The summed E-state index contributed by atoms with van der Waals surface area (Å²) in [5.74, 6) is -0.238. The Bertz CT molecular complexity index is 692. The van der Waals surface area contributed by atoms with E-state index in [-0.39, 0.29) is 18.4 Å². The molecule has 0 aliphatic heterocycles. The molecule has 4 N–H and O–H groups in total. The van der Waals surface area contributed by atoms with Crippen molar-refractivity contribution in [2.24, 2.45) is 11.7 Å². The van der Waals surface area contributed by atoms with Crippen LogP contribution in [0.3, 0.4) is 0 Å². The van der Waals surface area contributed by atoms with Gasteiger partial charge in [-0.3, -0.25) is 9.59 Å². The van der Waals surface area contributed by atoms with E-state index in [9.17, 15) is 9.59 Å². The van der Waals surface area contributed by atoms with Crippen LogP contribution in [0.25, 0.3) is 10.8 Å². The maximum absolute atomic E-state index is 12.0. The van der Waals surface area contributed by atoms with E-state index in [1.165, 1.54) is 0 Å². The number of carbonyl (C=O) groups excluding carboxylic acids is 2. The number of nitrogens with two attached hydrogens (primary N) is 1. The van der Waals surface area contributed by atoms with Crippen molar-refractivity contribution < 1.29 is 9.59 Å². The highest BCUT2D eigenvalue weighted by molar-refractivity contribution is 6.03. The van der Waals surface area contributed by atoms with E-state index in [4.69, 9.17) is 5.73 Å². The van der Waals surface area contributed by atoms with Crippen molar-refractivity contribution in [2.45, 2.75) is 26.3 Å². The van der Waals surface area contributed by atoms with Gasteiger partial charge >= 0.3 is 0 Å². The lowest BCUT2D eigenvalue weighted by Crippen LogP contribution is -2.44. The first kappa shape index (κ1) is 17.0. The van der Waals surface area contributed by atoms with Gasteiger partial charge in [-0.1, -0.05) is 50.2 Å². The first-order chi connectivity index (χ1) is 11.0. The summed E-state index contributed by atoms with van der Waals surface area (Å²) in [5, 5.41) is 7.42. The predicted molar refractivity (Wildman–Crippen MR) is 93.0 cm³/mol. The van der Waals surface area contributed by atoms with E-state index in [1.807, 2.05) is 56.3 Å². The van der Waals surface area contributed by atoms with E-state index < -0.39 is 6.04 Å². The van der Waals surface area contributed by atoms with Crippen LogP contribution < -0.4 is 16.4 Å². The van der Waals surface area contributed by atoms with Gasteiger partial charge in [0.2, 0.25) is 11.8 Å². The standard InChI is InChI=1S/C18H23N3O2/c1-12(2)10-15(19)18(23)20-11-17(22)21-16-9-5-7-13-6-3-4-8-14(13)16/h3-9,12,15H,10-11,19H2,1-2H3,(H,20,23)(H,21,22)/t15-/m0/s1. The van der Waals surface area contributed by atoms with Crippen LogP contribution in [0.15, 0.2) is 42.5 Å². The van der Waals surface area contributed by atoms with Crippen LogP contribution in [0.2, 0.25) is 0 Å². The molecule has 1 atom stereocenters. The molecular formula is C18H23N3O2. The summed E-state index contributed by atoms with van der Waals surface area (Å²) in [6.07, 6.45) is 0.594. The SMILES string of the molecule is CC(C)C[C@H](N)C(=O)NCC(=O)Nc1cccc2ccccc12. The smallest absolute Gasteiger partial charge is 0.243 e. The first-order valence-electron chi connectivity index (χ1n) is 7.78. The summed E-state index contributed by atoms with van der Waals surface area (Å²) in [6.45, 7) is 3.91. The molecule has 0 aromatic heterocycles. The van der Waals surface area contributed by atoms with Crippen LogP contribution in [0.1, 0.15) is 20.3 Å². The van der Waals surface area contributed by atoms with Crippen molar-refractivity contribution in [1.29, 1.82) is 0 Å². The minimum Gasteiger partial charge on any atom is -0.346 e. The molecule has 23 heavy (non-hydrogen) atoms. The van der Waals surface area contributed by atoms with Crippen LogP contribution in [-0.4, -0.2) is 24.4 Å². The minimum absolute atomic E-state index is 0.0894. The number of nitrogens with one attached hydrogen (secondary N) is 2. The summed E-state index contributed by atoms with van der Waals surface area (Å²) in [6, 6.07) is 12.9. The van der Waals surface area contributed by atoms with Gasteiger partial charge in [-0.05, 0) is 23.8 Å². The molecular weight excluding hydrogens is 290 g/mol. The largest absolute Gasteiger partial charge is 0.346 e. The Morgan fingerprint density at radius 3 is 2.52 bits per heavy atom. The van der Waals surface area contributed by atoms with Crippen molar-refractivity contribution in [3.63, 3.8) is 0 Å². The molecule has 0 bridgehead atoms. The molecule has 5 nitrogen and oxygen atoms in total. The zero-order valence-corrected chi connectivity index (χ0v) is 13.5. The fourth-order valence-electron chi connectivity index (χ4n) is 2.44. The van der Waals surface area contributed by atoms with Crippen LogP contribution in [0.4, 0.5) is 5.69 Å². The predicted octanol–water partition coefficient (Wildman–Crippen LogP) is 2.27. The van der Waals surface area contributed by atoms with Gasteiger partial charge in [0.05, 0.1) is 12.6 Å². The summed E-state index contributed by atoms with van der Waals surface area (Å²) in [7, 11) is 0. The maximum atomic E-state index is 12.0. The Hall–Kier alpha value is -2.40. The van der Waals surface area contributed by atoms with Crippen molar-refractivity contribution in [2.75, 3.05) is 11.9 Å². The zero-order valence-electron chi connectivity index (χ0n) is 13.5. The molecule has 122 valence electrons. The zero-order chi connectivity index (χ0) is 16.8. The van der Waals surface area contributed by atoms with E-state index in [2.05, 4.69) is 10.6 Å². The molecule has 0 saturated carbocycles. The topological polar surface area (TPSA) is 84.2 Å². The quantitative estimate of drug-likeness (QED) is 0.765. The Morgan fingerprint density at radius 2 is 1.78 bits per heavy atom. The average molecular weight is 313 g/mol. The number of amides is 2. The second kappa shape index (κ2) is 7.74. The molecule has 0 aliphatic rings. The summed E-state index contributed by atoms with van der Waals surface area (Å²) >= 11 is 0. The minimum atomic E-state index is -0.583. The Kier molecular flexibility index (Phi) is 5.71. The first-order valence-corrected chi connectivity index (χ1v) is 7.78. The highest BCUT2D eigenvalue weighted by Crippen LogP contribution is 2.22. The molecule has 0 heterocycles. The van der Waals surface area contributed by atoms with Gasteiger partial charge in [0.25, 0.3) is 0 Å². The highest BCUT2D eigenvalue weighted by atomic mass is 16.2. The van der Waals surface area contributed by atoms with E-state index in [0.717, 1.165) is 16.5 Å². The lowest BCUT2D eigenvalue weighted by Gasteiger charge is -2.14. The molecule has 5 heteroatoms. The maximum Gasteiger partial charge on any atom is 0.243 e. The van der Waals surface area contributed by atoms with Crippen LogP contribution in [-0.2, 0) is 9.59 Å². The van der Waals surface area contributed by atoms with Crippen LogP contribution in [0.5, 0.6) is 0 Å². The third-order valence-corrected chi connectivity index (χ3v) is 3.55. The number of fused-ring (bicyclic) bond motifs is 1. The second-order valence-corrected chi connectivity index (χ2v) is 6.03. The number of hydrogen-bond donors (Lipinski definition) is 3. The molecule has 0 saturated heterocycles. The average Bonchev–Trinajstić information content (AvgIpc) is 2.52. The molecule has 0 aliphatic carbocycles. The highest BCUT2D eigenvalue weighted by Gasteiger charge is 2.15. The monoisotopic (exact) mass is 313 g/mol. The number of rotatable bonds is 6. The molecule has 0 unspecified atom stereocenters. The van der Waals surface area contributed by atoms with Crippen molar-refractivity contribution >= 4 is 28.3 Å². The number of hydrogen-bond acceptors (Lipinski definition) is 3. The lowest BCUT2D eigenvalue weighted by molar-refractivity contribution is -0.125. The van der Waals surface area contributed by atoms with Gasteiger partial charge in [0, 0.05) is 11.1 Å². The number of anilines is 1. The number of benzene rings is 2. The van der Waals surface area contributed by atoms with E-state index in [1.54, 1.807) is 0 Å². The van der Waals surface area contributed by atoms with Crippen molar-refractivity contribution in [3.05, 3.63) is 42.5 Å². The lowest BCUT2D eigenvalue weighted by atomic mass is 10.0. The van der Waals surface area contributed by atoms with E-state index >= 15 is 0 Å². The summed E-state index contributed by atoms with van der Waals surface area (Å²) in [5.41, 5.74) is 6.52. The molecule has 2 amide bonds. The van der Waals surface area contributed by atoms with E-state index in [0.29, 0.717) is 12.3 Å².